The molecule has 0 radical (unpaired) electrons. The Morgan fingerprint density at radius 3 is 2.52 bits per heavy atom. The number of halogens is 1. The molecule has 0 bridgehead atoms. The van der Waals surface area contributed by atoms with Gasteiger partial charge in [-0.25, -0.2) is 15.8 Å². The van der Waals surface area contributed by atoms with E-state index < -0.39 is 5.60 Å². The number of benzene rings is 1. The number of hydrogen-bond acceptors (Lipinski definition) is 3. The Balaban J connectivity index is 2.01. The lowest BCUT2D eigenvalue weighted by molar-refractivity contribution is 0.0240. The molecule has 1 aromatic carbocycles. The molecule has 124 valence electrons. The minimum absolute atomic E-state index is 0.241. The molecule has 0 saturated carbocycles. The third-order valence-corrected chi connectivity index (χ3v) is 3.54. The monoisotopic (exact) mass is 319 g/mol. The predicted molar refractivity (Wildman–Crippen MR) is 86.7 cm³/mol. The molecule has 0 N–H and O–H groups in total. The van der Waals surface area contributed by atoms with E-state index >= 15 is 0 Å². The number of carbonyl (C=O) groups is 1. The summed E-state index contributed by atoms with van der Waals surface area (Å²) in [5.41, 5.74) is 0.773. The van der Waals surface area contributed by atoms with E-state index in [0.717, 1.165) is 5.56 Å². The number of rotatable bonds is 2. The fraction of sp³-hybridized carbons (Fsp3) is 0.529. The van der Waals surface area contributed by atoms with Gasteiger partial charge in [0.1, 0.15) is 11.4 Å². The van der Waals surface area contributed by atoms with Crippen LogP contribution in [-0.2, 0) is 11.3 Å². The molecule has 2 rings (SSSR count). The van der Waals surface area contributed by atoms with Crippen LogP contribution in [0.5, 0.6) is 0 Å². The van der Waals surface area contributed by atoms with E-state index in [1.807, 2.05) is 25.7 Å². The zero-order chi connectivity index (χ0) is 17.0. The first-order valence-corrected chi connectivity index (χ1v) is 7.64. The van der Waals surface area contributed by atoms with Gasteiger partial charge in [0.05, 0.1) is 5.69 Å². The largest absolute Gasteiger partial charge is 0.444 e. The number of nitrogens with zero attached hydrogens (tertiary/aromatic N) is 3. The van der Waals surface area contributed by atoms with Gasteiger partial charge in [-0.15, -0.1) is 0 Å². The van der Waals surface area contributed by atoms with Crippen molar-refractivity contribution in [3.8, 4) is 0 Å². The van der Waals surface area contributed by atoms with Crippen LogP contribution in [0.3, 0.4) is 0 Å². The third kappa shape index (κ3) is 4.59. The summed E-state index contributed by atoms with van der Waals surface area (Å²) in [4.78, 5) is 18.9. The Bertz CT molecular complexity index is 611. The standard InChI is InChI=1S/C17H22FN3O2/c1-17(2,3)23-16(22)21-9-7-20(8-10-21)15-11-13(12-19-4)5-6-14(15)18/h5-6,11H,7-10,12H2,1-3H3. The minimum Gasteiger partial charge on any atom is -0.444 e. The van der Waals surface area contributed by atoms with E-state index in [4.69, 9.17) is 11.3 Å². The van der Waals surface area contributed by atoms with Crippen molar-refractivity contribution in [1.82, 2.24) is 4.90 Å². The second-order valence-electron chi connectivity index (χ2n) is 6.56. The van der Waals surface area contributed by atoms with Gasteiger partial charge >= 0.3 is 6.09 Å². The molecule has 1 aromatic rings. The minimum atomic E-state index is -0.519. The highest BCUT2D eigenvalue weighted by atomic mass is 19.1. The summed E-state index contributed by atoms with van der Waals surface area (Å²) in [6, 6.07) is 4.75. The Labute approximate surface area is 136 Å². The molecule has 23 heavy (non-hydrogen) atoms. The van der Waals surface area contributed by atoms with Gasteiger partial charge in [0.25, 0.3) is 0 Å². The predicted octanol–water partition coefficient (Wildman–Crippen LogP) is 3.30. The zero-order valence-electron chi connectivity index (χ0n) is 13.8. The number of piperazine rings is 1. The fourth-order valence-corrected chi connectivity index (χ4v) is 2.45. The Morgan fingerprint density at radius 2 is 1.96 bits per heavy atom. The summed E-state index contributed by atoms with van der Waals surface area (Å²) in [5.74, 6) is -0.301. The highest BCUT2D eigenvalue weighted by Gasteiger charge is 2.26. The number of hydrogen-bond donors (Lipinski definition) is 0. The molecule has 1 fully saturated rings. The molecular weight excluding hydrogens is 297 g/mol. The molecular formula is C17H22FN3O2. The van der Waals surface area contributed by atoms with Crippen molar-refractivity contribution >= 4 is 11.8 Å². The van der Waals surface area contributed by atoms with Crippen LogP contribution in [0, 0.1) is 12.4 Å². The van der Waals surface area contributed by atoms with Crippen LogP contribution >= 0.6 is 0 Å². The lowest BCUT2D eigenvalue weighted by atomic mass is 10.1. The summed E-state index contributed by atoms with van der Waals surface area (Å²) >= 11 is 0. The van der Waals surface area contributed by atoms with Crippen LogP contribution in [-0.4, -0.2) is 42.8 Å². The summed E-state index contributed by atoms with van der Waals surface area (Å²) in [5, 5.41) is 0. The highest BCUT2D eigenvalue weighted by molar-refractivity contribution is 5.68. The average molecular weight is 319 g/mol. The molecule has 1 aliphatic heterocycles. The maximum atomic E-state index is 14.0. The van der Waals surface area contributed by atoms with Gasteiger partial charge in [-0.2, -0.15) is 0 Å². The number of carbonyl (C=O) groups excluding carboxylic acids is 1. The molecule has 0 aromatic heterocycles. The zero-order valence-corrected chi connectivity index (χ0v) is 13.8. The van der Waals surface area contributed by atoms with Crippen molar-refractivity contribution in [1.29, 1.82) is 0 Å². The second-order valence-corrected chi connectivity index (χ2v) is 6.56. The molecule has 6 heteroatoms. The van der Waals surface area contributed by atoms with Crippen molar-refractivity contribution in [2.45, 2.75) is 32.9 Å². The van der Waals surface area contributed by atoms with Gasteiger partial charge in [-0.1, -0.05) is 0 Å². The lowest BCUT2D eigenvalue weighted by Gasteiger charge is -2.36. The van der Waals surface area contributed by atoms with Crippen LogP contribution in [0.1, 0.15) is 26.3 Å². The molecule has 0 spiro atoms. The quantitative estimate of drug-likeness (QED) is 0.785. The van der Waals surface area contributed by atoms with Crippen molar-refractivity contribution in [3.63, 3.8) is 0 Å². The van der Waals surface area contributed by atoms with Crippen LogP contribution in [0.25, 0.3) is 4.85 Å². The van der Waals surface area contributed by atoms with Crippen molar-refractivity contribution in [2.75, 3.05) is 31.1 Å². The van der Waals surface area contributed by atoms with E-state index in [2.05, 4.69) is 4.85 Å². The molecule has 0 unspecified atom stereocenters. The molecule has 1 amide bonds. The van der Waals surface area contributed by atoms with E-state index in [1.165, 1.54) is 6.07 Å². The molecule has 1 saturated heterocycles. The fourth-order valence-electron chi connectivity index (χ4n) is 2.45. The summed E-state index contributed by atoms with van der Waals surface area (Å²) in [6.45, 7) is 14.7. The third-order valence-electron chi connectivity index (χ3n) is 3.54. The first-order chi connectivity index (χ1) is 10.8. The summed E-state index contributed by atoms with van der Waals surface area (Å²) < 4.78 is 19.4. The average Bonchev–Trinajstić information content (AvgIpc) is 2.48. The van der Waals surface area contributed by atoms with Crippen LogP contribution < -0.4 is 4.90 Å². The molecule has 0 atom stereocenters. The van der Waals surface area contributed by atoms with E-state index in [9.17, 15) is 9.18 Å². The van der Waals surface area contributed by atoms with Crippen molar-refractivity contribution in [2.24, 2.45) is 0 Å². The normalized spacial score (nSPS) is 15.3. The van der Waals surface area contributed by atoms with Gasteiger partial charge < -0.3 is 19.4 Å². The molecule has 0 aliphatic carbocycles. The Morgan fingerprint density at radius 1 is 1.30 bits per heavy atom. The lowest BCUT2D eigenvalue weighted by Crippen LogP contribution is -2.50. The van der Waals surface area contributed by atoms with Crippen LogP contribution in [0.2, 0.25) is 0 Å². The molecule has 5 nitrogen and oxygen atoms in total. The Hall–Kier alpha value is -2.29. The first-order valence-electron chi connectivity index (χ1n) is 7.64. The van der Waals surface area contributed by atoms with Crippen LogP contribution in [0.15, 0.2) is 18.2 Å². The first kappa shape index (κ1) is 17.1. The van der Waals surface area contributed by atoms with Gasteiger partial charge in [-0.3, -0.25) is 0 Å². The molecule has 1 heterocycles. The number of ether oxygens (including phenoxy) is 1. The SMILES string of the molecule is [C-]#[N+]Cc1ccc(F)c(N2CCN(C(=O)OC(C)(C)C)CC2)c1. The maximum Gasteiger partial charge on any atom is 0.410 e. The number of amides is 1. The maximum absolute atomic E-state index is 14.0. The topological polar surface area (TPSA) is 37.1 Å². The van der Waals surface area contributed by atoms with Gasteiger partial charge in [-0.05, 0) is 39.0 Å². The van der Waals surface area contributed by atoms with Gasteiger partial charge in [0.2, 0.25) is 6.54 Å². The summed E-state index contributed by atoms with van der Waals surface area (Å²) in [7, 11) is 0. The van der Waals surface area contributed by atoms with Gasteiger partial charge in [0.15, 0.2) is 0 Å². The molecule has 1 aliphatic rings. The second kappa shape index (κ2) is 6.86. The van der Waals surface area contributed by atoms with Crippen molar-refractivity contribution < 1.29 is 13.9 Å². The van der Waals surface area contributed by atoms with E-state index in [-0.39, 0.29) is 18.5 Å². The van der Waals surface area contributed by atoms with Gasteiger partial charge in [0, 0.05) is 31.7 Å². The van der Waals surface area contributed by atoms with E-state index in [0.29, 0.717) is 31.9 Å². The number of anilines is 1. The van der Waals surface area contributed by atoms with E-state index in [1.54, 1.807) is 17.0 Å². The van der Waals surface area contributed by atoms with Crippen LogP contribution in [0.4, 0.5) is 14.9 Å². The van der Waals surface area contributed by atoms with Crippen molar-refractivity contribution in [3.05, 3.63) is 41.0 Å². The Kier molecular flexibility index (Phi) is 5.09. The summed E-state index contributed by atoms with van der Waals surface area (Å²) in [6.07, 6.45) is -0.334. The highest BCUT2D eigenvalue weighted by Crippen LogP contribution is 2.23. The smallest absolute Gasteiger partial charge is 0.410 e.